The summed E-state index contributed by atoms with van der Waals surface area (Å²) < 4.78 is 27.5. The van der Waals surface area contributed by atoms with Crippen LogP contribution in [-0.2, 0) is 16.4 Å². The van der Waals surface area contributed by atoms with E-state index in [0.29, 0.717) is 30.1 Å². The zero-order valence-corrected chi connectivity index (χ0v) is 17.5. The molecule has 0 saturated carbocycles. The van der Waals surface area contributed by atoms with Gasteiger partial charge in [0.25, 0.3) is 15.7 Å². The Morgan fingerprint density at radius 2 is 1.89 bits per heavy atom. The highest BCUT2D eigenvalue weighted by Crippen LogP contribution is 2.38. The molecular weight excluding hydrogens is 398 g/mol. The molecule has 1 atom stereocenters. The van der Waals surface area contributed by atoms with Crippen LogP contribution in [-0.4, -0.2) is 42.8 Å². The monoisotopic (exact) mass is 421 g/mol. The van der Waals surface area contributed by atoms with E-state index in [4.69, 9.17) is 0 Å². The summed E-state index contributed by atoms with van der Waals surface area (Å²) >= 11 is 0.979. The van der Waals surface area contributed by atoms with E-state index < -0.39 is 14.9 Å². The van der Waals surface area contributed by atoms with Gasteiger partial charge in [-0.15, -0.1) is 11.3 Å². The van der Waals surface area contributed by atoms with Crippen molar-refractivity contribution >= 4 is 32.7 Å². The molecular formula is C19H23N3O4S2. The summed E-state index contributed by atoms with van der Waals surface area (Å²) in [5.41, 5.74) is 2.49. The fourth-order valence-electron chi connectivity index (χ4n) is 4.39. The third-order valence-electron chi connectivity index (χ3n) is 5.74. The van der Waals surface area contributed by atoms with Gasteiger partial charge >= 0.3 is 0 Å². The van der Waals surface area contributed by atoms with Gasteiger partial charge in [0.2, 0.25) is 0 Å². The van der Waals surface area contributed by atoms with Crippen LogP contribution in [0.15, 0.2) is 34.5 Å². The Morgan fingerprint density at radius 1 is 1.21 bits per heavy atom. The number of aryl methyl sites for hydroxylation is 1. The molecule has 2 aliphatic rings. The highest BCUT2D eigenvalue weighted by molar-refractivity contribution is 7.91. The molecule has 0 aliphatic carbocycles. The standard InChI is InChI=1S/C19H23N3O4S2/c1-13-11-15-5-3-4-6-17(15)21(13)16-7-9-20(10-8-16)28(25,26)19-12-18(22(23)24)14(2)27-19/h3-6,12-13,16H,7-11H2,1-2H3. The number of sulfonamides is 1. The number of hydrogen-bond donors (Lipinski definition) is 0. The quantitative estimate of drug-likeness (QED) is 0.557. The van der Waals surface area contributed by atoms with E-state index in [1.807, 2.05) is 0 Å². The lowest BCUT2D eigenvalue weighted by molar-refractivity contribution is -0.385. The maximum absolute atomic E-state index is 13.0. The molecule has 28 heavy (non-hydrogen) atoms. The van der Waals surface area contributed by atoms with Gasteiger partial charge < -0.3 is 4.90 Å². The largest absolute Gasteiger partial charge is 0.365 e. The molecule has 1 aromatic carbocycles. The molecule has 0 N–H and O–H groups in total. The van der Waals surface area contributed by atoms with Gasteiger partial charge in [0.1, 0.15) is 4.21 Å². The molecule has 3 heterocycles. The Kier molecular flexibility index (Phi) is 4.93. The average molecular weight is 422 g/mol. The number of benzene rings is 1. The van der Waals surface area contributed by atoms with E-state index in [0.717, 1.165) is 30.6 Å². The SMILES string of the molecule is Cc1sc(S(=O)(=O)N2CCC(N3c4ccccc4CC3C)CC2)cc1[N+](=O)[O-]. The first-order valence-corrected chi connectivity index (χ1v) is 11.7. The van der Waals surface area contributed by atoms with Crippen molar-refractivity contribution in [3.8, 4) is 0 Å². The van der Waals surface area contributed by atoms with E-state index in [1.54, 1.807) is 6.92 Å². The van der Waals surface area contributed by atoms with Gasteiger partial charge in [-0.3, -0.25) is 10.1 Å². The molecule has 1 saturated heterocycles. The van der Waals surface area contributed by atoms with Crippen LogP contribution in [0.25, 0.3) is 0 Å². The van der Waals surface area contributed by atoms with E-state index in [1.165, 1.54) is 21.6 Å². The van der Waals surface area contributed by atoms with Gasteiger partial charge in [-0.1, -0.05) is 18.2 Å². The number of piperidine rings is 1. The topological polar surface area (TPSA) is 83.8 Å². The van der Waals surface area contributed by atoms with Crippen molar-refractivity contribution in [1.29, 1.82) is 0 Å². The Balaban J connectivity index is 1.50. The second-order valence-electron chi connectivity index (χ2n) is 7.49. The number of anilines is 1. The normalized spacial score (nSPS) is 21.1. The first kappa shape index (κ1) is 19.4. The van der Waals surface area contributed by atoms with Gasteiger partial charge in [0.05, 0.1) is 9.80 Å². The van der Waals surface area contributed by atoms with Gasteiger partial charge in [0.15, 0.2) is 0 Å². The fraction of sp³-hybridized carbons (Fsp3) is 0.474. The Labute approximate surface area is 168 Å². The first-order chi connectivity index (χ1) is 13.3. The molecule has 1 fully saturated rings. The van der Waals surface area contributed by atoms with Gasteiger partial charge in [-0.05, 0) is 44.7 Å². The van der Waals surface area contributed by atoms with Crippen LogP contribution < -0.4 is 4.90 Å². The van der Waals surface area contributed by atoms with Gasteiger partial charge in [0, 0.05) is 36.9 Å². The minimum Gasteiger partial charge on any atom is -0.365 e. The number of nitrogens with zero attached hydrogens (tertiary/aromatic N) is 3. The van der Waals surface area contributed by atoms with Crippen molar-refractivity contribution in [2.24, 2.45) is 0 Å². The van der Waals surface area contributed by atoms with Crippen LogP contribution in [0, 0.1) is 17.0 Å². The maximum Gasteiger partial charge on any atom is 0.284 e. The lowest BCUT2D eigenvalue weighted by atomic mass is 10.0. The highest BCUT2D eigenvalue weighted by atomic mass is 32.2. The number of para-hydroxylation sites is 1. The summed E-state index contributed by atoms with van der Waals surface area (Å²) in [5, 5.41) is 11.1. The third kappa shape index (κ3) is 3.21. The zero-order chi connectivity index (χ0) is 20.1. The maximum atomic E-state index is 13.0. The van der Waals surface area contributed by atoms with E-state index in [2.05, 4.69) is 36.1 Å². The number of rotatable bonds is 4. The lowest BCUT2D eigenvalue weighted by Gasteiger charge is -2.39. The Hall–Kier alpha value is -1.97. The Bertz CT molecular complexity index is 1010. The van der Waals surface area contributed by atoms with Crippen molar-refractivity contribution in [2.45, 2.75) is 49.4 Å². The summed E-state index contributed by atoms with van der Waals surface area (Å²) in [6.45, 7) is 4.67. The van der Waals surface area contributed by atoms with Crippen LogP contribution in [0.4, 0.5) is 11.4 Å². The molecule has 4 rings (SSSR count). The molecule has 2 aliphatic heterocycles. The van der Waals surface area contributed by atoms with Crippen molar-refractivity contribution in [2.75, 3.05) is 18.0 Å². The summed E-state index contributed by atoms with van der Waals surface area (Å²) in [7, 11) is -3.69. The van der Waals surface area contributed by atoms with E-state index in [-0.39, 0.29) is 9.90 Å². The summed E-state index contributed by atoms with van der Waals surface area (Å²) in [4.78, 5) is 13.4. The van der Waals surface area contributed by atoms with E-state index >= 15 is 0 Å². The highest BCUT2D eigenvalue weighted by Gasteiger charge is 2.37. The molecule has 0 bridgehead atoms. The molecule has 0 radical (unpaired) electrons. The average Bonchev–Trinajstić information content (AvgIpc) is 3.21. The van der Waals surface area contributed by atoms with Gasteiger partial charge in [-0.2, -0.15) is 4.31 Å². The number of thiophene rings is 1. The predicted octanol–water partition coefficient (Wildman–Crippen LogP) is 3.57. The van der Waals surface area contributed by atoms with Crippen molar-refractivity contribution in [3.63, 3.8) is 0 Å². The first-order valence-electron chi connectivity index (χ1n) is 9.40. The molecule has 9 heteroatoms. The van der Waals surface area contributed by atoms with Crippen LogP contribution in [0.3, 0.4) is 0 Å². The zero-order valence-electron chi connectivity index (χ0n) is 15.9. The summed E-state index contributed by atoms with van der Waals surface area (Å²) in [6.07, 6.45) is 2.53. The van der Waals surface area contributed by atoms with E-state index in [9.17, 15) is 18.5 Å². The molecule has 0 amide bonds. The lowest BCUT2D eigenvalue weighted by Crippen LogP contribution is -2.48. The number of nitro groups is 1. The summed E-state index contributed by atoms with van der Waals surface area (Å²) in [5.74, 6) is 0. The second kappa shape index (κ2) is 7.13. The number of hydrogen-bond acceptors (Lipinski definition) is 6. The fourth-order valence-corrected chi connectivity index (χ4v) is 7.42. The minimum atomic E-state index is -3.69. The third-order valence-corrected chi connectivity index (χ3v) is 9.12. The van der Waals surface area contributed by atoms with Crippen LogP contribution in [0.5, 0.6) is 0 Å². The van der Waals surface area contributed by atoms with Gasteiger partial charge in [-0.25, -0.2) is 8.42 Å². The minimum absolute atomic E-state index is 0.0648. The predicted molar refractivity (Wildman–Crippen MR) is 110 cm³/mol. The van der Waals surface area contributed by atoms with Crippen LogP contribution in [0.2, 0.25) is 0 Å². The molecule has 1 unspecified atom stereocenters. The van der Waals surface area contributed by atoms with Crippen molar-refractivity contribution < 1.29 is 13.3 Å². The van der Waals surface area contributed by atoms with Crippen molar-refractivity contribution in [3.05, 3.63) is 50.9 Å². The molecule has 7 nitrogen and oxygen atoms in total. The molecule has 2 aromatic rings. The smallest absolute Gasteiger partial charge is 0.284 e. The molecule has 150 valence electrons. The van der Waals surface area contributed by atoms with Crippen LogP contribution in [0.1, 0.15) is 30.2 Å². The molecule has 0 spiro atoms. The Morgan fingerprint density at radius 3 is 2.54 bits per heavy atom. The number of fused-ring (bicyclic) bond motifs is 1. The molecule has 1 aromatic heterocycles. The van der Waals surface area contributed by atoms with Crippen LogP contribution >= 0.6 is 11.3 Å². The summed E-state index contributed by atoms with van der Waals surface area (Å²) in [6, 6.07) is 10.3. The second-order valence-corrected chi connectivity index (χ2v) is 10.9. The van der Waals surface area contributed by atoms with Crippen molar-refractivity contribution in [1.82, 2.24) is 4.31 Å².